The largest absolute Gasteiger partial charge is 0.497 e. The SMILES string of the molecule is COCCn1nc([C@H]2CCCN2C(=O)c2ccc(OC)cc2)c2c1CC(C)(C)CC2=O. The fourth-order valence-corrected chi connectivity index (χ4v) is 4.83. The summed E-state index contributed by atoms with van der Waals surface area (Å²) in [6, 6.07) is 6.99. The number of ether oxygens (including phenoxy) is 2. The number of Topliss-reactive ketones (excluding diaryl/α,β-unsaturated/α-hetero) is 1. The van der Waals surface area contributed by atoms with Crippen molar-refractivity contribution >= 4 is 11.7 Å². The Hall–Kier alpha value is -2.67. The average molecular weight is 426 g/mol. The molecule has 0 spiro atoms. The van der Waals surface area contributed by atoms with Crippen LogP contribution in [0.15, 0.2) is 24.3 Å². The maximum absolute atomic E-state index is 13.3. The second-order valence-electron chi connectivity index (χ2n) is 9.25. The summed E-state index contributed by atoms with van der Waals surface area (Å²) in [5.41, 5.74) is 2.99. The number of ketones is 1. The molecule has 1 saturated heterocycles. The van der Waals surface area contributed by atoms with Crippen LogP contribution in [0.5, 0.6) is 5.75 Å². The van der Waals surface area contributed by atoms with Crippen LogP contribution in [0.3, 0.4) is 0 Å². The molecule has 1 aliphatic heterocycles. The highest BCUT2D eigenvalue weighted by molar-refractivity contribution is 6.00. The van der Waals surface area contributed by atoms with E-state index in [1.807, 2.05) is 9.58 Å². The van der Waals surface area contributed by atoms with Crippen LogP contribution >= 0.6 is 0 Å². The van der Waals surface area contributed by atoms with Crippen LogP contribution in [0.4, 0.5) is 0 Å². The fourth-order valence-electron chi connectivity index (χ4n) is 4.83. The van der Waals surface area contributed by atoms with E-state index in [0.29, 0.717) is 37.4 Å². The first-order valence-electron chi connectivity index (χ1n) is 10.9. The molecule has 166 valence electrons. The van der Waals surface area contributed by atoms with Gasteiger partial charge in [0.1, 0.15) is 5.75 Å². The Labute approximate surface area is 183 Å². The molecule has 7 nitrogen and oxygen atoms in total. The molecule has 0 radical (unpaired) electrons. The summed E-state index contributed by atoms with van der Waals surface area (Å²) in [6.45, 7) is 6.03. The molecular weight excluding hydrogens is 394 g/mol. The molecule has 1 fully saturated rings. The van der Waals surface area contributed by atoms with Gasteiger partial charge < -0.3 is 14.4 Å². The molecule has 31 heavy (non-hydrogen) atoms. The molecule has 2 heterocycles. The second kappa shape index (κ2) is 8.46. The topological polar surface area (TPSA) is 73.7 Å². The molecule has 0 N–H and O–H groups in total. The number of likely N-dealkylation sites (tertiary alicyclic amines) is 1. The van der Waals surface area contributed by atoms with Crippen molar-refractivity contribution in [3.05, 3.63) is 46.8 Å². The minimum atomic E-state index is -0.183. The number of amides is 1. The maximum Gasteiger partial charge on any atom is 0.254 e. The Morgan fingerprint density at radius 1 is 1.19 bits per heavy atom. The Balaban J connectivity index is 1.70. The van der Waals surface area contributed by atoms with Gasteiger partial charge in [-0.25, -0.2) is 0 Å². The molecule has 7 heteroatoms. The van der Waals surface area contributed by atoms with E-state index in [9.17, 15) is 9.59 Å². The van der Waals surface area contributed by atoms with Gasteiger partial charge in [-0.3, -0.25) is 14.3 Å². The minimum Gasteiger partial charge on any atom is -0.497 e. The molecule has 1 aliphatic carbocycles. The van der Waals surface area contributed by atoms with Gasteiger partial charge in [-0.2, -0.15) is 5.10 Å². The zero-order valence-electron chi connectivity index (χ0n) is 18.8. The lowest BCUT2D eigenvalue weighted by atomic mass is 9.75. The Bertz CT molecular complexity index is 977. The van der Waals surface area contributed by atoms with Crippen LogP contribution in [-0.2, 0) is 17.7 Å². The lowest BCUT2D eigenvalue weighted by Gasteiger charge is -2.30. The Morgan fingerprint density at radius 3 is 2.61 bits per heavy atom. The number of nitrogens with zero attached hydrogens (tertiary/aromatic N) is 3. The van der Waals surface area contributed by atoms with Gasteiger partial charge in [0.15, 0.2) is 5.78 Å². The number of methoxy groups -OCH3 is 2. The van der Waals surface area contributed by atoms with Crippen molar-refractivity contribution in [1.82, 2.24) is 14.7 Å². The molecule has 0 saturated carbocycles. The summed E-state index contributed by atoms with van der Waals surface area (Å²) in [7, 11) is 3.27. The summed E-state index contributed by atoms with van der Waals surface area (Å²) in [6.07, 6.45) is 3.00. The lowest BCUT2D eigenvalue weighted by molar-refractivity contribution is 0.0728. The van der Waals surface area contributed by atoms with Gasteiger partial charge in [0.25, 0.3) is 5.91 Å². The van der Waals surface area contributed by atoms with E-state index in [4.69, 9.17) is 14.6 Å². The molecule has 2 aliphatic rings. The van der Waals surface area contributed by atoms with Crippen molar-refractivity contribution in [2.75, 3.05) is 27.4 Å². The third-order valence-corrected chi connectivity index (χ3v) is 6.32. The number of hydrogen-bond acceptors (Lipinski definition) is 5. The number of carbonyl (C=O) groups is 2. The quantitative estimate of drug-likeness (QED) is 0.706. The van der Waals surface area contributed by atoms with E-state index in [2.05, 4.69) is 13.8 Å². The van der Waals surface area contributed by atoms with Gasteiger partial charge in [0, 0.05) is 25.6 Å². The summed E-state index contributed by atoms with van der Waals surface area (Å²) in [5.74, 6) is 0.816. The second-order valence-corrected chi connectivity index (χ2v) is 9.25. The number of rotatable bonds is 6. The van der Waals surface area contributed by atoms with Crippen molar-refractivity contribution < 1.29 is 19.1 Å². The van der Waals surface area contributed by atoms with Gasteiger partial charge in [0.2, 0.25) is 0 Å². The van der Waals surface area contributed by atoms with Gasteiger partial charge in [-0.05, 0) is 48.9 Å². The van der Waals surface area contributed by atoms with Crippen LogP contribution < -0.4 is 4.74 Å². The molecule has 2 aromatic rings. The number of carbonyl (C=O) groups excluding carboxylic acids is 2. The fraction of sp³-hybridized carbons (Fsp3) is 0.542. The number of fused-ring (bicyclic) bond motifs is 1. The summed E-state index contributed by atoms with van der Waals surface area (Å²) < 4.78 is 12.4. The molecule has 4 rings (SSSR count). The Kier molecular flexibility index (Phi) is 5.88. The first-order chi connectivity index (χ1) is 14.8. The van der Waals surface area contributed by atoms with Gasteiger partial charge >= 0.3 is 0 Å². The van der Waals surface area contributed by atoms with Gasteiger partial charge in [0.05, 0.1) is 43.3 Å². The van der Waals surface area contributed by atoms with Gasteiger partial charge in [-0.1, -0.05) is 13.8 Å². The standard InChI is InChI=1S/C24H31N3O4/c1-24(2)14-19-21(20(28)15-24)22(25-27(19)12-13-30-3)18-6-5-11-26(18)23(29)16-7-9-17(31-4)10-8-16/h7-10,18H,5-6,11-15H2,1-4H3/t18-/m1/s1. The van der Waals surface area contributed by atoms with Gasteiger partial charge in [-0.15, -0.1) is 0 Å². The summed E-state index contributed by atoms with van der Waals surface area (Å²) in [5, 5.41) is 4.88. The average Bonchev–Trinajstić information content (AvgIpc) is 3.35. The normalized spacial score (nSPS) is 20.1. The minimum absolute atomic E-state index is 0.0334. The smallest absolute Gasteiger partial charge is 0.254 e. The van der Waals surface area contributed by atoms with E-state index in [1.54, 1.807) is 38.5 Å². The van der Waals surface area contributed by atoms with Crippen LogP contribution in [0, 0.1) is 5.41 Å². The van der Waals surface area contributed by atoms with Crippen LogP contribution in [0.1, 0.15) is 71.3 Å². The molecular formula is C24H31N3O4. The molecule has 1 amide bonds. The zero-order valence-corrected chi connectivity index (χ0v) is 18.8. The van der Waals surface area contributed by atoms with Crippen molar-refractivity contribution in [1.29, 1.82) is 0 Å². The number of hydrogen-bond donors (Lipinski definition) is 0. The third kappa shape index (κ3) is 4.11. The first kappa shape index (κ1) is 21.6. The van der Waals surface area contributed by atoms with E-state index < -0.39 is 0 Å². The van der Waals surface area contributed by atoms with E-state index >= 15 is 0 Å². The van der Waals surface area contributed by atoms with Crippen molar-refractivity contribution in [3.8, 4) is 5.75 Å². The molecule has 0 unspecified atom stereocenters. The van der Waals surface area contributed by atoms with E-state index in [1.165, 1.54) is 0 Å². The van der Waals surface area contributed by atoms with Crippen LogP contribution in [-0.4, -0.2) is 53.7 Å². The third-order valence-electron chi connectivity index (χ3n) is 6.32. The number of aromatic nitrogens is 2. The molecule has 1 aromatic heterocycles. The molecule has 1 aromatic carbocycles. The zero-order chi connectivity index (χ0) is 22.2. The highest BCUT2D eigenvalue weighted by Crippen LogP contribution is 2.41. The predicted molar refractivity (Wildman–Crippen MR) is 117 cm³/mol. The summed E-state index contributed by atoms with van der Waals surface area (Å²) in [4.78, 5) is 28.4. The predicted octanol–water partition coefficient (Wildman–Crippen LogP) is 3.67. The molecule has 0 bridgehead atoms. The highest BCUT2D eigenvalue weighted by atomic mass is 16.5. The first-order valence-corrected chi connectivity index (χ1v) is 10.9. The van der Waals surface area contributed by atoms with Crippen LogP contribution in [0.25, 0.3) is 0 Å². The molecule has 1 atom stereocenters. The highest BCUT2D eigenvalue weighted by Gasteiger charge is 2.41. The number of benzene rings is 1. The van der Waals surface area contributed by atoms with Crippen molar-refractivity contribution in [3.63, 3.8) is 0 Å². The monoisotopic (exact) mass is 425 g/mol. The van der Waals surface area contributed by atoms with E-state index in [-0.39, 0.29) is 23.1 Å². The van der Waals surface area contributed by atoms with E-state index in [0.717, 1.165) is 36.2 Å². The van der Waals surface area contributed by atoms with Crippen LogP contribution in [0.2, 0.25) is 0 Å². The van der Waals surface area contributed by atoms with Crippen molar-refractivity contribution in [2.24, 2.45) is 5.41 Å². The maximum atomic E-state index is 13.3. The van der Waals surface area contributed by atoms with Crippen molar-refractivity contribution in [2.45, 2.75) is 52.1 Å². The Morgan fingerprint density at radius 2 is 1.94 bits per heavy atom. The lowest BCUT2D eigenvalue weighted by Crippen LogP contribution is -2.32. The summed E-state index contributed by atoms with van der Waals surface area (Å²) >= 11 is 0.